The van der Waals surface area contributed by atoms with Gasteiger partial charge in [0.2, 0.25) is 0 Å². The summed E-state index contributed by atoms with van der Waals surface area (Å²) in [4.78, 5) is 0. The van der Waals surface area contributed by atoms with Crippen LogP contribution in [0.15, 0.2) is 16.8 Å². The molecule has 1 saturated carbocycles. The van der Waals surface area contributed by atoms with Crippen LogP contribution in [-0.2, 0) is 6.42 Å². The average Bonchev–Trinajstić information content (AvgIpc) is 2.73. The van der Waals surface area contributed by atoms with Gasteiger partial charge in [-0.15, -0.1) is 0 Å². The molecule has 1 heterocycles. The quantitative estimate of drug-likeness (QED) is 0.732. The smallest absolute Gasteiger partial charge is 0.0108 e. The van der Waals surface area contributed by atoms with E-state index in [1.54, 1.807) is 11.3 Å². The van der Waals surface area contributed by atoms with E-state index in [-0.39, 0.29) is 0 Å². The molecule has 60 valence electrons. The molecule has 2 N–H and O–H groups in total. The number of hydrogen-bond acceptors (Lipinski definition) is 2. The molecular formula is C9H13NS. The zero-order valence-electron chi connectivity index (χ0n) is 6.49. The summed E-state index contributed by atoms with van der Waals surface area (Å²) in [7, 11) is 0. The molecule has 1 aliphatic carbocycles. The zero-order valence-corrected chi connectivity index (χ0v) is 7.31. The molecule has 1 aliphatic rings. The Labute approximate surface area is 71.2 Å². The first-order valence-electron chi connectivity index (χ1n) is 4.13. The van der Waals surface area contributed by atoms with Crippen LogP contribution in [0, 0.1) is 5.92 Å². The van der Waals surface area contributed by atoms with E-state index in [0.717, 1.165) is 12.3 Å². The van der Waals surface area contributed by atoms with Gasteiger partial charge in [-0.2, -0.15) is 11.3 Å². The van der Waals surface area contributed by atoms with E-state index in [1.807, 2.05) is 0 Å². The summed E-state index contributed by atoms with van der Waals surface area (Å²) in [5.41, 5.74) is 7.39. The third-order valence-corrected chi connectivity index (χ3v) is 3.01. The second-order valence-electron chi connectivity index (χ2n) is 3.34. The van der Waals surface area contributed by atoms with E-state index in [9.17, 15) is 0 Å². The summed E-state index contributed by atoms with van der Waals surface area (Å²) in [5, 5.41) is 4.32. The Hall–Kier alpha value is -0.340. The van der Waals surface area contributed by atoms with Gasteiger partial charge in [0.1, 0.15) is 0 Å². The molecule has 1 aromatic heterocycles. The third-order valence-electron chi connectivity index (χ3n) is 2.28. The molecule has 0 radical (unpaired) electrons. The van der Waals surface area contributed by atoms with Crippen molar-refractivity contribution in [2.75, 3.05) is 0 Å². The van der Waals surface area contributed by atoms with Crippen molar-refractivity contribution in [3.63, 3.8) is 0 Å². The van der Waals surface area contributed by atoms with Gasteiger partial charge < -0.3 is 5.73 Å². The van der Waals surface area contributed by atoms with Gasteiger partial charge in [-0.25, -0.2) is 0 Å². The van der Waals surface area contributed by atoms with Gasteiger partial charge in [0.05, 0.1) is 0 Å². The summed E-state index contributed by atoms with van der Waals surface area (Å²) < 4.78 is 0. The fourth-order valence-corrected chi connectivity index (χ4v) is 2.05. The first-order valence-corrected chi connectivity index (χ1v) is 5.07. The third kappa shape index (κ3) is 1.82. The molecule has 0 aromatic carbocycles. The summed E-state index contributed by atoms with van der Waals surface area (Å²) in [6.07, 6.45) is 3.78. The molecule has 1 nitrogen and oxygen atoms in total. The van der Waals surface area contributed by atoms with Crippen molar-refractivity contribution < 1.29 is 0 Å². The molecule has 0 amide bonds. The van der Waals surface area contributed by atoms with Crippen LogP contribution < -0.4 is 5.73 Å². The predicted molar refractivity (Wildman–Crippen MR) is 48.7 cm³/mol. The summed E-state index contributed by atoms with van der Waals surface area (Å²) in [6, 6.07) is 2.59. The average molecular weight is 167 g/mol. The molecule has 0 saturated heterocycles. The number of thiophene rings is 1. The molecule has 1 unspecified atom stereocenters. The lowest BCUT2D eigenvalue weighted by molar-refractivity contribution is 0.592. The Morgan fingerprint density at radius 1 is 1.64 bits per heavy atom. The van der Waals surface area contributed by atoms with Gasteiger partial charge in [0, 0.05) is 6.04 Å². The van der Waals surface area contributed by atoms with Gasteiger partial charge in [-0.3, -0.25) is 0 Å². The predicted octanol–water partition coefficient (Wildman–Crippen LogP) is 2.03. The first kappa shape index (κ1) is 7.32. The van der Waals surface area contributed by atoms with Gasteiger partial charge in [0.15, 0.2) is 0 Å². The molecule has 1 aromatic rings. The molecule has 11 heavy (non-hydrogen) atoms. The maximum absolute atomic E-state index is 5.97. The fraction of sp³-hybridized carbons (Fsp3) is 0.556. The minimum atomic E-state index is 0.421. The number of rotatable bonds is 3. The van der Waals surface area contributed by atoms with Gasteiger partial charge >= 0.3 is 0 Å². The van der Waals surface area contributed by atoms with Crippen molar-refractivity contribution >= 4 is 11.3 Å². The maximum atomic E-state index is 5.97. The van der Waals surface area contributed by atoms with Crippen molar-refractivity contribution in [3.8, 4) is 0 Å². The molecule has 0 aliphatic heterocycles. The highest BCUT2D eigenvalue weighted by molar-refractivity contribution is 7.07. The van der Waals surface area contributed by atoms with Crippen LogP contribution >= 0.6 is 11.3 Å². The lowest BCUT2D eigenvalue weighted by Crippen LogP contribution is -2.24. The maximum Gasteiger partial charge on any atom is 0.0108 e. The minimum Gasteiger partial charge on any atom is -0.327 e. The Morgan fingerprint density at radius 3 is 3.00 bits per heavy atom. The molecule has 0 bridgehead atoms. The molecule has 2 rings (SSSR count). The van der Waals surface area contributed by atoms with Crippen molar-refractivity contribution in [2.24, 2.45) is 11.7 Å². The van der Waals surface area contributed by atoms with Crippen LogP contribution in [0.1, 0.15) is 18.4 Å². The van der Waals surface area contributed by atoms with E-state index in [4.69, 9.17) is 5.73 Å². The SMILES string of the molecule is NC(Cc1ccsc1)C1CC1. The van der Waals surface area contributed by atoms with E-state index < -0.39 is 0 Å². The largest absolute Gasteiger partial charge is 0.327 e. The highest BCUT2D eigenvalue weighted by Crippen LogP contribution is 2.32. The minimum absolute atomic E-state index is 0.421. The standard InChI is InChI=1S/C9H13NS/c10-9(8-1-2-8)5-7-3-4-11-6-7/h3-4,6,8-9H,1-2,5,10H2. The lowest BCUT2D eigenvalue weighted by Gasteiger charge is -2.07. The van der Waals surface area contributed by atoms with Crippen LogP contribution in [-0.4, -0.2) is 6.04 Å². The van der Waals surface area contributed by atoms with Crippen LogP contribution in [0.5, 0.6) is 0 Å². The monoisotopic (exact) mass is 167 g/mol. The van der Waals surface area contributed by atoms with E-state index in [0.29, 0.717) is 6.04 Å². The topological polar surface area (TPSA) is 26.0 Å². The van der Waals surface area contributed by atoms with E-state index in [1.165, 1.54) is 18.4 Å². The van der Waals surface area contributed by atoms with Crippen molar-refractivity contribution in [1.82, 2.24) is 0 Å². The highest BCUT2D eigenvalue weighted by atomic mass is 32.1. The fourth-order valence-electron chi connectivity index (χ4n) is 1.37. The van der Waals surface area contributed by atoms with Crippen LogP contribution in [0.25, 0.3) is 0 Å². The Balaban J connectivity index is 1.89. The van der Waals surface area contributed by atoms with Gasteiger partial charge in [-0.05, 0) is 47.6 Å². The van der Waals surface area contributed by atoms with Gasteiger partial charge in [0.25, 0.3) is 0 Å². The Morgan fingerprint density at radius 2 is 2.45 bits per heavy atom. The van der Waals surface area contributed by atoms with Crippen molar-refractivity contribution in [2.45, 2.75) is 25.3 Å². The van der Waals surface area contributed by atoms with Crippen molar-refractivity contribution in [3.05, 3.63) is 22.4 Å². The first-order chi connectivity index (χ1) is 5.36. The Kier molecular flexibility index (Phi) is 1.96. The summed E-state index contributed by atoms with van der Waals surface area (Å²) in [6.45, 7) is 0. The van der Waals surface area contributed by atoms with Crippen LogP contribution in [0.2, 0.25) is 0 Å². The van der Waals surface area contributed by atoms with E-state index >= 15 is 0 Å². The van der Waals surface area contributed by atoms with E-state index in [2.05, 4.69) is 16.8 Å². The summed E-state index contributed by atoms with van der Waals surface area (Å²) in [5.74, 6) is 0.829. The normalized spacial score (nSPS) is 20.1. The highest BCUT2D eigenvalue weighted by Gasteiger charge is 2.28. The van der Waals surface area contributed by atoms with Gasteiger partial charge in [-0.1, -0.05) is 0 Å². The molecule has 1 fully saturated rings. The number of hydrogen-bond donors (Lipinski definition) is 1. The molecule has 1 atom stereocenters. The summed E-state index contributed by atoms with van der Waals surface area (Å²) >= 11 is 1.76. The molecule has 0 spiro atoms. The zero-order chi connectivity index (χ0) is 7.68. The molecule has 2 heteroatoms. The van der Waals surface area contributed by atoms with Crippen LogP contribution in [0.3, 0.4) is 0 Å². The lowest BCUT2D eigenvalue weighted by atomic mass is 10.1. The number of nitrogens with two attached hydrogens (primary N) is 1. The van der Waals surface area contributed by atoms with Crippen molar-refractivity contribution in [1.29, 1.82) is 0 Å². The second-order valence-corrected chi connectivity index (χ2v) is 4.12. The molecular weight excluding hydrogens is 154 g/mol. The second kappa shape index (κ2) is 2.95. The van der Waals surface area contributed by atoms with Crippen LogP contribution in [0.4, 0.5) is 0 Å². The Bertz CT molecular complexity index is 213.